The maximum atomic E-state index is 11.2. The number of rotatable bonds is 3. The normalized spacial score (nSPS) is 23.6. The van der Waals surface area contributed by atoms with E-state index < -0.39 is 0 Å². The van der Waals surface area contributed by atoms with Gasteiger partial charge < -0.3 is 10.6 Å². The second kappa shape index (κ2) is 5.14. The summed E-state index contributed by atoms with van der Waals surface area (Å²) in [6.07, 6.45) is 3.90. The van der Waals surface area contributed by atoms with Gasteiger partial charge in [0, 0.05) is 19.0 Å². The summed E-state index contributed by atoms with van der Waals surface area (Å²) in [4.78, 5) is 11.2. The van der Waals surface area contributed by atoms with Crippen molar-refractivity contribution in [2.24, 2.45) is 0 Å². The van der Waals surface area contributed by atoms with Gasteiger partial charge in [-0.3, -0.25) is 4.79 Å². The van der Waals surface area contributed by atoms with Crippen molar-refractivity contribution in [3.8, 4) is 0 Å². The lowest BCUT2D eigenvalue weighted by Gasteiger charge is -2.23. The largest absolute Gasteiger partial charge is 0.352 e. The predicted molar refractivity (Wildman–Crippen MR) is 48.9 cm³/mol. The fourth-order valence-electron chi connectivity index (χ4n) is 1.50. The molecule has 3 heteroatoms. The molecule has 2 N–H and O–H groups in total. The van der Waals surface area contributed by atoms with Crippen LogP contribution in [-0.4, -0.2) is 25.0 Å². The summed E-state index contributed by atoms with van der Waals surface area (Å²) in [5.41, 5.74) is 0. The molecule has 1 unspecified atom stereocenters. The molecule has 1 atom stereocenters. The van der Waals surface area contributed by atoms with Gasteiger partial charge in [-0.15, -0.1) is 0 Å². The zero-order chi connectivity index (χ0) is 8.81. The van der Waals surface area contributed by atoms with Crippen molar-refractivity contribution in [1.82, 2.24) is 10.6 Å². The van der Waals surface area contributed by atoms with Gasteiger partial charge in [-0.05, 0) is 25.8 Å². The van der Waals surface area contributed by atoms with Gasteiger partial charge in [-0.1, -0.05) is 6.92 Å². The summed E-state index contributed by atoms with van der Waals surface area (Å²) < 4.78 is 0. The van der Waals surface area contributed by atoms with Crippen molar-refractivity contribution >= 4 is 5.91 Å². The van der Waals surface area contributed by atoms with Gasteiger partial charge in [-0.25, -0.2) is 0 Å². The van der Waals surface area contributed by atoms with E-state index in [0.717, 1.165) is 25.9 Å². The summed E-state index contributed by atoms with van der Waals surface area (Å²) in [5, 5.41) is 6.29. The van der Waals surface area contributed by atoms with Crippen molar-refractivity contribution in [3.63, 3.8) is 0 Å². The number of carbonyl (C=O) groups excluding carboxylic acids is 1. The minimum Gasteiger partial charge on any atom is -0.352 e. The van der Waals surface area contributed by atoms with E-state index in [1.54, 1.807) is 0 Å². The molecule has 1 rings (SSSR count). The molecule has 1 aliphatic rings. The Hall–Kier alpha value is -0.570. The molecule has 12 heavy (non-hydrogen) atoms. The number of carbonyl (C=O) groups is 1. The first-order valence-corrected chi connectivity index (χ1v) is 4.83. The highest BCUT2D eigenvalue weighted by Crippen LogP contribution is 2.01. The molecule has 0 aromatic rings. The van der Waals surface area contributed by atoms with Crippen LogP contribution in [0.25, 0.3) is 0 Å². The van der Waals surface area contributed by atoms with Crippen molar-refractivity contribution in [3.05, 3.63) is 0 Å². The van der Waals surface area contributed by atoms with E-state index in [1.807, 2.05) is 6.92 Å². The molecule has 1 saturated heterocycles. The Balaban J connectivity index is 2.15. The van der Waals surface area contributed by atoms with Crippen LogP contribution in [0.5, 0.6) is 0 Å². The third kappa shape index (κ3) is 3.22. The fourth-order valence-corrected chi connectivity index (χ4v) is 1.50. The smallest absolute Gasteiger partial charge is 0.220 e. The topological polar surface area (TPSA) is 41.1 Å². The molecule has 70 valence electrons. The first kappa shape index (κ1) is 9.52. The van der Waals surface area contributed by atoms with Gasteiger partial charge in [0.25, 0.3) is 0 Å². The van der Waals surface area contributed by atoms with Crippen LogP contribution < -0.4 is 10.6 Å². The van der Waals surface area contributed by atoms with Crippen LogP contribution in [0.2, 0.25) is 0 Å². The Bertz CT molecular complexity index is 141. The maximum Gasteiger partial charge on any atom is 0.220 e. The van der Waals surface area contributed by atoms with E-state index in [9.17, 15) is 4.79 Å². The van der Waals surface area contributed by atoms with Gasteiger partial charge in [0.15, 0.2) is 0 Å². The van der Waals surface area contributed by atoms with Crippen molar-refractivity contribution in [2.45, 2.75) is 38.6 Å². The Morgan fingerprint density at radius 3 is 3.08 bits per heavy atom. The molecule has 0 spiro atoms. The summed E-state index contributed by atoms with van der Waals surface area (Å²) in [7, 11) is 0. The highest BCUT2D eigenvalue weighted by molar-refractivity contribution is 5.76. The van der Waals surface area contributed by atoms with Crippen molar-refractivity contribution in [1.29, 1.82) is 0 Å². The van der Waals surface area contributed by atoms with Crippen LogP contribution in [-0.2, 0) is 4.79 Å². The second-order valence-corrected chi connectivity index (χ2v) is 3.36. The number of hydrogen-bond donors (Lipinski definition) is 2. The Morgan fingerprint density at radius 2 is 2.50 bits per heavy atom. The van der Waals surface area contributed by atoms with Crippen LogP contribution in [0.1, 0.15) is 32.6 Å². The van der Waals surface area contributed by atoms with Crippen LogP contribution in [0.4, 0.5) is 0 Å². The molecule has 3 nitrogen and oxygen atoms in total. The maximum absolute atomic E-state index is 11.2. The molecule has 1 heterocycles. The molecule has 0 aromatic carbocycles. The quantitative estimate of drug-likeness (QED) is 0.653. The Labute approximate surface area is 73.9 Å². The lowest BCUT2D eigenvalue weighted by atomic mass is 10.1. The third-order valence-electron chi connectivity index (χ3n) is 2.14. The molecule has 0 bridgehead atoms. The molecule has 0 saturated carbocycles. The molecule has 0 radical (unpaired) electrons. The van der Waals surface area contributed by atoms with E-state index in [0.29, 0.717) is 12.5 Å². The van der Waals surface area contributed by atoms with Crippen molar-refractivity contribution < 1.29 is 4.79 Å². The second-order valence-electron chi connectivity index (χ2n) is 3.36. The molecular formula is C9H18N2O. The molecule has 1 aliphatic heterocycles. The lowest BCUT2D eigenvalue weighted by Crippen LogP contribution is -2.45. The van der Waals surface area contributed by atoms with Gasteiger partial charge in [0.2, 0.25) is 5.91 Å². The van der Waals surface area contributed by atoms with Crippen molar-refractivity contribution in [2.75, 3.05) is 13.1 Å². The first-order valence-electron chi connectivity index (χ1n) is 4.83. The van der Waals surface area contributed by atoms with E-state index in [2.05, 4.69) is 10.6 Å². The third-order valence-corrected chi connectivity index (χ3v) is 2.14. The monoisotopic (exact) mass is 170 g/mol. The standard InChI is InChI=1S/C9H18N2O/c1-2-4-9(12)11-8-5-3-6-10-7-8/h8,10H,2-7H2,1H3,(H,11,12). The number of nitrogens with one attached hydrogen (secondary N) is 2. The van der Waals surface area contributed by atoms with Gasteiger partial charge in [-0.2, -0.15) is 0 Å². The molecule has 0 aromatic heterocycles. The summed E-state index contributed by atoms with van der Waals surface area (Å²) in [6, 6.07) is 0.373. The first-order chi connectivity index (χ1) is 5.83. The van der Waals surface area contributed by atoms with Crippen LogP contribution in [0.3, 0.4) is 0 Å². The average Bonchev–Trinajstić information content (AvgIpc) is 2.06. The highest BCUT2D eigenvalue weighted by atomic mass is 16.1. The predicted octanol–water partition coefficient (Wildman–Crippen LogP) is 0.655. The number of amides is 1. The number of piperidine rings is 1. The van der Waals surface area contributed by atoms with Gasteiger partial charge in [0.1, 0.15) is 0 Å². The van der Waals surface area contributed by atoms with Crippen LogP contribution in [0, 0.1) is 0 Å². The molecule has 1 fully saturated rings. The van der Waals surface area contributed by atoms with E-state index in [1.165, 1.54) is 6.42 Å². The summed E-state index contributed by atoms with van der Waals surface area (Å²) in [6.45, 7) is 4.06. The minimum absolute atomic E-state index is 0.200. The molecular weight excluding hydrogens is 152 g/mol. The Kier molecular flexibility index (Phi) is 4.08. The zero-order valence-corrected chi connectivity index (χ0v) is 7.73. The van der Waals surface area contributed by atoms with E-state index >= 15 is 0 Å². The Morgan fingerprint density at radius 1 is 1.67 bits per heavy atom. The summed E-state index contributed by atoms with van der Waals surface area (Å²) in [5.74, 6) is 0.200. The van der Waals surface area contributed by atoms with E-state index in [-0.39, 0.29) is 5.91 Å². The van der Waals surface area contributed by atoms with Gasteiger partial charge in [0.05, 0.1) is 0 Å². The fraction of sp³-hybridized carbons (Fsp3) is 0.889. The zero-order valence-electron chi connectivity index (χ0n) is 7.73. The summed E-state index contributed by atoms with van der Waals surface area (Å²) >= 11 is 0. The molecule has 0 aliphatic carbocycles. The van der Waals surface area contributed by atoms with Crippen LogP contribution in [0.15, 0.2) is 0 Å². The highest BCUT2D eigenvalue weighted by Gasteiger charge is 2.13. The van der Waals surface area contributed by atoms with E-state index in [4.69, 9.17) is 0 Å². The average molecular weight is 170 g/mol. The van der Waals surface area contributed by atoms with Crippen LogP contribution >= 0.6 is 0 Å². The van der Waals surface area contributed by atoms with Gasteiger partial charge >= 0.3 is 0 Å². The minimum atomic E-state index is 0.200. The number of hydrogen-bond acceptors (Lipinski definition) is 2. The molecule has 1 amide bonds. The SMILES string of the molecule is CCCC(=O)NC1CCCNC1. The lowest BCUT2D eigenvalue weighted by molar-refractivity contribution is -0.121.